The van der Waals surface area contributed by atoms with Crippen molar-refractivity contribution in [3.05, 3.63) is 34.7 Å². The maximum atomic E-state index is 5.13. The van der Waals surface area contributed by atoms with Crippen LogP contribution in [-0.4, -0.2) is 17.4 Å². The van der Waals surface area contributed by atoms with E-state index in [9.17, 15) is 0 Å². The molecule has 0 atom stereocenters. The number of aryl methyl sites for hydroxylation is 1. The molecule has 1 aromatic heterocycles. The zero-order valence-electron chi connectivity index (χ0n) is 8.90. The molecule has 0 N–H and O–H groups in total. The van der Waals surface area contributed by atoms with Crippen molar-refractivity contribution < 1.29 is 4.84 Å². The number of oxime groups is 1. The van der Waals surface area contributed by atoms with Crippen LogP contribution in [0.5, 0.6) is 0 Å². The average molecular weight is 249 g/mol. The Labute approximate surface area is 102 Å². The standard InChI is InChI=1S/C12H11NOS2/c1-8-2-3-10-9(6-8)7-11(16-10)12-13-14-4-5-15-12/h2-3,6-7H,4-5H2,1H3. The number of hydrogen-bond acceptors (Lipinski definition) is 4. The Bertz CT molecular complexity index is 559. The topological polar surface area (TPSA) is 21.6 Å². The number of fused-ring (bicyclic) bond motifs is 1. The third-order valence-electron chi connectivity index (χ3n) is 2.44. The smallest absolute Gasteiger partial charge is 0.153 e. The van der Waals surface area contributed by atoms with Gasteiger partial charge in [-0.05, 0) is 24.4 Å². The number of benzene rings is 1. The Hall–Kier alpha value is -1.00. The maximum absolute atomic E-state index is 5.13. The van der Waals surface area contributed by atoms with Crippen molar-refractivity contribution in [3.63, 3.8) is 0 Å². The monoisotopic (exact) mass is 249 g/mol. The first-order valence-corrected chi connectivity index (χ1v) is 6.96. The molecule has 0 bridgehead atoms. The summed E-state index contributed by atoms with van der Waals surface area (Å²) in [6.45, 7) is 2.84. The fourth-order valence-corrected chi connectivity index (χ4v) is 3.57. The molecular weight excluding hydrogens is 238 g/mol. The third-order valence-corrected chi connectivity index (χ3v) is 4.63. The second kappa shape index (κ2) is 4.11. The fraction of sp³-hybridized carbons (Fsp3) is 0.250. The van der Waals surface area contributed by atoms with Gasteiger partial charge in [0.15, 0.2) is 5.04 Å². The van der Waals surface area contributed by atoms with Gasteiger partial charge in [-0.25, -0.2) is 0 Å². The van der Waals surface area contributed by atoms with Gasteiger partial charge in [0.25, 0.3) is 0 Å². The van der Waals surface area contributed by atoms with Crippen LogP contribution in [0.1, 0.15) is 10.4 Å². The van der Waals surface area contributed by atoms with Crippen LogP contribution in [0.3, 0.4) is 0 Å². The zero-order chi connectivity index (χ0) is 11.0. The van der Waals surface area contributed by atoms with Gasteiger partial charge in [0.1, 0.15) is 6.61 Å². The summed E-state index contributed by atoms with van der Waals surface area (Å²) in [7, 11) is 0. The Kier molecular flexibility index (Phi) is 2.61. The van der Waals surface area contributed by atoms with Crippen LogP contribution in [0.4, 0.5) is 0 Å². The van der Waals surface area contributed by atoms with Crippen molar-refractivity contribution in [3.8, 4) is 0 Å². The van der Waals surface area contributed by atoms with Gasteiger partial charge >= 0.3 is 0 Å². The normalized spacial score (nSPS) is 15.9. The molecule has 0 spiro atoms. The summed E-state index contributed by atoms with van der Waals surface area (Å²) in [5, 5.41) is 6.43. The van der Waals surface area contributed by atoms with Gasteiger partial charge in [0.05, 0.1) is 4.88 Å². The first kappa shape index (κ1) is 10.2. The number of rotatable bonds is 1. The van der Waals surface area contributed by atoms with E-state index in [1.165, 1.54) is 20.5 Å². The van der Waals surface area contributed by atoms with Gasteiger partial charge in [-0.3, -0.25) is 0 Å². The second-order valence-electron chi connectivity index (χ2n) is 3.73. The summed E-state index contributed by atoms with van der Waals surface area (Å²) >= 11 is 3.55. The molecule has 0 fully saturated rings. The highest BCUT2D eigenvalue weighted by atomic mass is 32.2. The largest absolute Gasteiger partial charge is 0.394 e. The fourth-order valence-electron chi connectivity index (χ4n) is 1.69. The molecule has 0 unspecified atom stereocenters. The summed E-state index contributed by atoms with van der Waals surface area (Å²) in [6.07, 6.45) is 0. The van der Waals surface area contributed by atoms with Gasteiger partial charge < -0.3 is 4.84 Å². The lowest BCUT2D eigenvalue weighted by Crippen LogP contribution is -2.05. The number of thioether (sulfide) groups is 1. The summed E-state index contributed by atoms with van der Waals surface area (Å²) in [5.41, 5.74) is 1.30. The van der Waals surface area contributed by atoms with Crippen molar-refractivity contribution in [2.45, 2.75) is 6.92 Å². The minimum Gasteiger partial charge on any atom is -0.394 e. The predicted molar refractivity (Wildman–Crippen MR) is 71.5 cm³/mol. The molecule has 4 heteroatoms. The Morgan fingerprint density at radius 3 is 3.06 bits per heavy atom. The predicted octanol–water partition coefficient (Wildman–Crippen LogP) is 3.63. The lowest BCUT2D eigenvalue weighted by Gasteiger charge is -2.08. The summed E-state index contributed by atoms with van der Waals surface area (Å²) < 4.78 is 1.31. The summed E-state index contributed by atoms with van der Waals surface area (Å²) in [5.74, 6) is 0.992. The van der Waals surface area contributed by atoms with Crippen molar-refractivity contribution in [1.29, 1.82) is 0 Å². The lowest BCUT2D eigenvalue weighted by molar-refractivity contribution is 0.160. The van der Waals surface area contributed by atoms with Crippen molar-refractivity contribution >= 4 is 38.2 Å². The van der Waals surface area contributed by atoms with Crippen molar-refractivity contribution in [2.75, 3.05) is 12.4 Å². The highest BCUT2D eigenvalue weighted by Crippen LogP contribution is 2.30. The van der Waals surface area contributed by atoms with E-state index in [1.54, 1.807) is 23.1 Å². The Morgan fingerprint density at radius 2 is 2.25 bits per heavy atom. The minimum absolute atomic E-state index is 0.720. The van der Waals surface area contributed by atoms with Crippen molar-refractivity contribution in [1.82, 2.24) is 0 Å². The molecule has 2 heterocycles. The molecule has 0 amide bonds. The Balaban J connectivity index is 2.07. The van der Waals surface area contributed by atoms with Gasteiger partial charge in [0, 0.05) is 10.5 Å². The van der Waals surface area contributed by atoms with E-state index in [0.717, 1.165) is 17.4 Å². The first-order valence-electron chi connectivity index (χ1n) is 5.16. The van der Waals surface area contributed by atoms with E-state index in [2.05, 4.69) is 36.3 Å². The van der Waals surface area contributed by atoms with E-state index < -0.39 is 0 Å². The van der Waals surface area contributed by atoms with E-state index in [4.69, 9.17) is 4.84 Å². The van der Waals surface area contributed by atoms with Gasteiger partial charge in [-0.2, -0.15) is 0 Å². The van der Waals surface area contributed by atoms with Gasteiger partial charge in [0.2, 0.25) is 0 Å². The number of thiophene rings is 1. The molecule has 16 heavy (non-hydrogen) atoms. The maximum Gasteiger partial charge on any atom is 0.153 e. The van der Waals surface area contributed by atoms with Crippen LogP contribution >= 0.6 is 23.1 Å². The molecule has 1 aliphatic heterocycles. The molecule has 1 aromatic carbocycles. The van der Waals surface area contributed by atoms with Crippen LogP contribution in [0.2, 0.25) is 0 Å². The second-order valence-corrected chi connectivity index (χ2v) is 5.90. The highest BCUT2D eigenvalue weighted by molar-refractivity contribution is 8.14. The number of nitrogens with zero attached hydrogens (tertiary/aromatic N) is 1. The Morgan fingerprint density at radius 1 is 1.31 bits per heavy atom. The van der Waals surface area contributed by atoms with E-state index in [-0.39, 0.29) is 0 Å². The summed E-state index contributed by atoms with van der Waals surface area (Å²) in [6, 6.07) is 8.74. The summed E-state index contributed by atoms with van der Waals surface area (Å²) in [4.78, 5) is 6.34. The SMILES string of the molecule is Cc1ccc2sc(C3=NOCCS3)cc2c1. The number of hydrogen-bond donors (Lipinski definition) is 0. The van der Waals surface area contributed by atoms with Gasteiger partial charge in [-0.1, -0.05) is 34.6 Å². The van der Waals surface area contributed by atoms with E-state index in [0.29, 0.717) is 0 Å². The molecule has 0 saturated heterocycles. The third kappa shape index (κ3) is 1.83. The molecule has 0 radical (unpaired) electrons. The first-order chi connectivity index (χ1) is 7.83. The molecule has 0 saturated carbocycles. The molecule has 2 aromatic rings. The van der Waals surface area contributed by atoms with Crippen LogP contribution in [0.15, 0.2) is 29.4 Å². The van der Waals surface area contributed by atoms with Crippen LogP contribution in [-0.2, 0) is 4.84 Å². The zero-order valence-corrected chi connectivity index (χ0v) is 10.5. The highest BCUT2D eigenvalue weighted by Gasteiger charge is 2.13. The molecule has 0 aliphatic carbocycles. The quantitative estimate of drug-likeness (QED) is 0.769. The average Bonchev–Trinajstić information content (AvgIpc) is 2.73. The minimum atomic E-state index is 0.720. The van der Waals surface area contributed by atoms with Crippen molar-refractivity contribution in [2.24, 2.45) is 5.16 Å². The van der Waals surface area contributed by atoms with Gasteiger partial charge in [-0.15, -0.1) is 11.3 Å². The van der Waals surface area contributed by atoms with Crippen LogP contribution in [0, 0.1) is 6.92 Å². The van der Waals surface area contributed by atoms with E-state index in [1.807, 2.05) is 0 Å². The molecule has 3 rings (SSSR count). The molecule has 1 aliphatic rings. The molecular formula is C12H11NOS2. The van der Waals surface area contributed by atoms with Crippen LogP contribution in [0.25, 0.3) is 10.1 Å². The molecule has 82 valence electrons. The molecule has 2 nitrogen and oxygen atoms in total. The van der Waals surface area contributed by atoms with Crippen LogP contribution < -0.4 is 0 Å². The van der Waals surface area contributed by atoms with E-state index >= 15 is 0 Å². The lowest BCUT2D eigenvalue weighted by atomic mass is 10.2.